The summed E-state index contributed by atoms with van der Waals surface area (Å²) in [5.41, 5.74) is 5.11. The fourth-order valence-electron chi connectivity index (χ4n) is 3.02. The lowest BCUT2D eigenvalue weighted by Gasteiger charge is -2.17. The summed E-state index contributed by atoms with van der Waals surface area (Å²) in [5.74, 6) is -0.643. The quantitative estimate of drug-likeness (QED) is 0.799. The molecule has 2 heterocycles. The molecule has 1 aromatic carbocycles. The molecule has 2 aliphatic heterocycles. The number of nitrogens with one attached hydrogen (secondary N) is 1. The highest BCUT2D eigenvalue weighted by atomic mass is 19.4. The Morgan fingerprint density at radius 2 is 1.82 bits per heavy atom. The lowest BCUT2D eigenvalue weighted by molar-refractivity contribution is -0.274. The minimum Gasteiger partial charge on any atom is -0.406 e. The topological polar surface area (TPSA) is 99.9 Å². The van der Waals surface area contributed by atoms with Crippen LogP contribution in [0, 0.1) is 5.92 Å². The van der Waals surface area contributed by atoms with Crippen LogP contribution in [-0.2, 0) is 14.3 Å². The molecule has 3 atom stereocenters. The molecular formula is C18H25F3N2O5. The first-order valence-electron chi connectivity index (χ1n) is 8.92. The zero-order valence-electron chi connectivity index (χ0n) is 14.9. The van der Waals surface area contributed by atoms with Crippen molar-refractivity contribution in [3.05, 3.63) is 29.8 Å². The molecule has 10 heteroatoms. The summed E-state index contributed by atoms with van der Waals surface area (Å²) in [4.78, 5) is 22.1. The Balaban J connectivity index is 0.000000487. The van der Waals surface area contributed by atoms with Gasteiger partial charge in [0.2, 0.25) is 5.91 Å². The van der Waals surface area contributed by atoms with Gasteiger partial charge in [-0.2, -0.15) is 0 Å². The normalized spacial score (nSPS) is 26.0. The Bertz CT molecular complexity index is 717. The fourth-order valence-corrected chi connectivity index (χ4v) is 3.02. The van der Waals surface area contributed by atoms with E-state index >= 15 is 0 Å². The van der Waals surface area contributed by atoms with Gasteiger partial charge in [-0.05, 0) is 43.5 Å². The highest BCUT2D eigenvalue weighted by Crippen LogP contribution is 2.28. The number of benzene rings is 1. The van der Waals surface area contributed by atoms with Gasteiger partial charge in [0.15, 0.2) is 0 Å². The molecule has 0 aromatic heterocycles. The molecule has 3 fully saturated rings. The van der Waals surface area contributed by atoms with Gasteiger partial charge in [0.05, 0.1) is 18.8 Å². The molecule has 1 saturated carbocycles. The smallest absolute Gasteiger partial charge is 0.406 e. The van der Waals surface area contributed by atoms with E-state index in [-0.39, 0.29) is 50.1 Å². The zero-order chi connectivity index (χ0) is 20.3. The number of alkyl halides is 3. The second kappa shape index (κ2) is 8.36. The number of primary amides is 1. The summed E-state index contributed by atoms with van der Waals surface area (Å²) in [6.45, 7) is 0.974. The fraction of sp³-hybridized carbons (Fsp3) is 0.556. The zero-order valence-corrected chi connectivity index (χ0v) is 14.9. The molecule has 28 heavy (non-hydrogen) atoms. The van der Waals surface area contributed by atoms with E-state index in [1.54, 1.807) is 0 Å². The van der Waals surface area contributed by atoms with Gasteiger partial charge in [-0.1, -0.05) is 0 Å². The van der Waals surface area contributed by atoms with Crippen molar-refractivity contribution in [2.45, 2.75) is 43.9 Å². The van der Waals surface area contributed by atoms with Crippen LogP contribution in [-0.4, -0.2) is 49.6 Å². The van der Waals surface area contributed by atoms with E-state index in [1.165, 1.54) is 12.1 Å². The van der Waals surface area contributed by atoms with E-state index in [0.29, 0.717) is 13.2 Å². The molecule has 0 radical (unpaired) electrons. The van der Waals surface area contributed by atoms with Crippen molar-refractivity contribution >= 4 is 11.8 Å². The molecule has 0 bridgehead atoms. The first-order valence-corrected chi connectivity index (χ1v) is 8.92. The van der Waals surface area contributed by atoms with E-state index in [2.05, 4.69) is 10.1 Å². The van der Waals surface area contributed by atoms with E-state index < -0.39 is 6.36 Å². The monoisotopic (exact) mass is 406 g/mol. The summed E-state index contributed by atoms with van der Waals surface area (Å²) in [7, 11) is 0. The number of fused-ring (bicyclic) bond motifs is 1. The molecule has 4 rings (SSSR count). The number of nitrogens with two attached hydrogens (primary N) is 1. The van der Waals surface area contributed by atoms with Crippen molar-refractivity contribution in [2.24, 2.45) is 11.7 Å². The molecule has 2 amide bonds. The first kappa shape index (κ1) is 20.4. The van der Waals surface area contributed by atoms with Crippen LogP contribution >= 0.6 is 0 Å². The number of halogens is 3. The number of hydrogen-bond donors (Lipinski definition) is 2. The van der Waals surface area contributed by atoms with Crippen LogP contribution in [0.25, 0.3) is 0 Å². The van der Waals surface area contributed by atoms with Crippen molar-refractivity contribution < 1.29 is 39.8 Å². The lowest BCUT2D eigenvalue weighted by Crippen LogP contribution is -2.43. The van der Waals surface area contributed by atoms with Crippen LogP contribution in [0.3, 0.4) is 0 Å². The van der Waals surface area contributed by atoms with Gasteiger partial charge in [-0.25, -0.2) is 0 Å². The second-order valence-electron chi connectivity index (χ2n) is 6.82. The summed E-state index contributed by atoms with van der Waals surface area (Å²) < 4.78 is 51.0. The molecule has 7 nitrogen and oxygen atoms in total. The minimum absolute atomic E-state index is 0. The molecule has 2 saturated heterocycles. The number of ether oxygens (including phenoxy) is 3. The highest BCUT2D eigenvalue weighted by molar-refractivity contribution is 5.94. The molecule has 158 valence electrons. The third kappa shape index (κ3) is 5.59. The largest absolute Gasteiger partial charge is 0.573 e. The maximum atomic E-state index is 12.1. The van der Waals surface area contributed by atoms with Crippen LogP contribution < -0.4 is 15.8 Å². The van der Waals surface area contributed by atoms with Crippen molar-refractivity contribution in [2.75, 3.05) is 13.2 Å². The van der Waals surface area contributed by atoms with Crippen molar-refractivity contribution in [1.82, 2.24) is 5.32 Å². The molecule has 0 spiro atoms. The molecular weight excluding hydrogens is 381 g/mol. The Morgan fingerprint density at radius 3 is 2.36 bits per heavy atom. The predicted octanol–water partition coefficient (Wildman–Crippen LogP) is 2.25. The minimum atomic E-state index is -4.75. The third-order valence-corrected chi connectivity index (χ3v) is 4.61. The molecule has 3 N–H and O–H groups in total. The average Bonchev–Trinajstić information content (AvgIpc) is 3.26. The molecule has 0 unspecified atom stereocenters. The van der Waals surface area contributed by atoms with Crippen LogP contribution in [0.15, 0.2) is 24.3 Å². The Morgan fingerprint density at radius 1 is 1.14 bits per heavy atom. The van der Waals surface area contributed by atoms with Crippen LogP contribution in [0.2, 0.25) is 0 Å². The van der Waals surface area contributed by atoms with E-state index in [1.807, 2.05) is 0 Å². The first-order chi connectivity index (χ1) is 13.2. The van der Waals surface area contributed by atoms with Crippen molar-refractivity contribution in [3.63, 3.8) is 0 Å². The van der Waals surface area contributed by atoms with Gasteiger partial charge in [0.25, 0.3) is 5.91 Å². The average molecular weight is 406 g/mol. The van der Waals surface area contributed by atoms with E-state index in [4.69, 9.17) is 15.2 Å². The van der Waals surface area contributed by atoms with Gasteiger partial charge in [0, 0.05) is 20.9 Å². The molecule has 1 aromatic rings. The maximum Gasteiger partial charge on any atom is 0.573 e. The number of rotatable bonds is 4. The van der Waals surface area contributed by atoms with Crippen molar-refractivity contribution in [3.8, 4) is 5.75 Å². The number of hydrogen-bond acceptors (Lipinski definition) is 5. The third-order valence-electron chi connectivity index (χ3n) is 4.61. The second-order valence-corrected chi connectivity index (χ2v) is 6.82. The number of carbonyl (C=O) groups is 2. The maximum absolute atomic E-state index is 12.1. The standard InChI is InChI=1S/C14H14F3NO4.C4H7NO.2H2/c15-14(16,17)22-9-3-1-8(2-4-9)13(19)18-10-7-21-11-5-6-20-12(10)11;5-4(6)3-1-2-3;;/h1-4,10-12H,5-7H2,(H,18,19);3H,1-2H2,(H2,5,6);2*1H/t10-,11+,12+;;;/m0.../s1. The SMILES string of the molecule is NC(=O)C1CC1.O=C(N[C@H]1CO[C@@H]2CCO[C@H]12)c1ccc(OC(F)(F)F)cc1.[HH].[HH]. The summed E-state index contributed by atoms with van der Waals surface area (Å²) in [5, 5.41) is 2.78. The summed E-state index contributed by atoms with van der Waals surface area (Å²) in [6, 6.07) is 4.51. The van der Waals surface area contributed by atoms with Gasteiger partial charge < -0.3 is 25.3 Å². The Labute approximate surface area is 162 Å². The van der Waals surface area contributed by atoms with E-state index in [9.17, 15) is 22.8 Å². The van der Waals surface area contributed by atoms with E-state index in [0.717, 1.165) is 31.4 Å². The van der Waals surface area contributed by atoms with Gasteiger partial charge in [0.1, 0.15) is 11.9 Å². The summed E-state index contributed by atoms with van der Waals surface area (Å²) in [6.07, 6.45) is -2.05. The van der Waals surface area contributed by atoms with Crippen molar-refractivity contribution in [1.29, 1.82) is 0 Å². The highest BCUT2D eigenvalue weighted by Gasteiger charge is 2.42. The van der Waals surface area contributed by atoms with Gasteiger partial charge >= 0.3 is 6.36 Å². The Kier molecular flexibility index (Phi) is 6.09. The number of amides is 2. The predicted molar refractivity (Wildman–Crippen MR) is 94.6 cm³/mol. The summed E-state index contributed by atoms with van der Waals surface area (Å²) >= 11 is 0. The number of carbonyl (C=O) groups excluding carboxylic acids is 2. The van der Waals surface area contributed by atoms with Crippen LogP contribution in [0.1, 0.15) is 32.5 Å². The molecule has 1 aliphatic carbocycles. The Hall–Kier alpha value is -2.33. The lowest BCUT2D eigenvalue weighted by atomic mass is 10.1. The van der Waals surface area contributed by atoms with Gasteiger partial charge in [-0.3, -0.25) is 9.59 Å². The van der Waals surface area contributed by atoms with Crippen LogP contribution in [0.4, 0.5) is 13.2 Å². The molecule has 3 aliphatic rings. The van der Waals surface area contributed by atoms with Crippen LogP contribution in [0.5, 0.6) is 5.75 Å². The van der Waals surface area contributed by atoms with Gasteiger partial charge in [-0.15, -0.1) is 13.2 Å².